The SMILES string of the molecule is Cc1ccc2cc(C(=O)N3C[C@@H](C(F)(F)F)[C@H](NC(=O)c4cncs4)C3)[nH]c2c1. The van der Waals surface area contributed by atoms with Crippen molar-refractivity contribution in [3.05, 3.63) is 52.1 Å². The first-order chi connectivity index (χ1) is 13.7. The molecule has 1 aliphatic heterocycles. The first-order valence-electron chi connectivity index (χ1n) is 8.87. The van der Waals surface area contributed by atoms with Gasteiger partial charge in [-0.25, -0.2) is 0 Å². The summed E-state index contributed by atoms with van der Waals surface area (Å²) in [6.45, 7) is 1.18. The lowest BCUT2D eigenvalue weighted by Gasteiger charge is -2.21. The number of halogens is 3. The van der Waals surface area contributed by atoms with Crippen molar-refractivity contribution in [1.29, 1.82) is 0 Å². The van der Waals surface area contributed by atoms with E-state index in [9.17, 15) is 22.8 Å². The van der Waals surface area contributed by atoms with Crippen LogP contribution >= 0.6 is 11.3 Å². The number of thiazole rings is 1. The number of aromatic nitrogens is 2. The average molecular weight is 422 g/mol. The van der Waals surface area contributed by atoms with Gasteiger partial charge in [-0.2, -0.15) is 13.2 Å². The van der Waals surface area contributed by atoms with Gasteiger partial charge in [-0.05, 0) is 24.6 Å². The number of rotatable bonds is 3. The van der Waals surface area contributed by atoms with Crippen LogP contribution in [0.1, 0.15) is 25.7 Å². The van der Waals surface area contributed by atoms with Crippen LogP contribution in [0.2, 0.25) is 0 Å². The monoisotopic (exact) mass is 422 g/mol. The van der Waals surface area contributed by atoms with Crippen LogP contribution in [0.25, 0.3) is 10.9 Å². The van der Waals surface area contributed by atoms with Crippen LogP contribution in [-0.2, 0) is 0 Å². The number of hydrogen-bond donors (Lipinski definition) is 2. The van der Waals surface area contributed by atoms with Crippen molar-refractivity contribution in [3.8, 4) is 0 Å². The van der Waals surface area contributed by atoms with Gasteiger partial charge in [0.15, 0.2) is 0 Å². The number of fused-ring (bicyclic) bond motifs is 1. The summed E-state index contributed by atoms with van der Waals surface area (Å²) in [7, 11) is 0. The smallest absolute Gasteiger partial charge is 0.351 e. The maximum absolute atomic E-state index is 13.5. The minimum atomic E-state index is -4.54. The number of likely N-dealkylation sites (tertiary alicyclic amines) is 1. The van der Waals surface area contributed by atoms with Gasteiger partial charge in [-0.15, -0.1) is 11.3 Å². The largest absolute Gasteiger partial charge is 0.395 e. The number of carbonyl (C=O) groups is 2. The predicted molar refractivity (Wildman–Crippen MR) is 102 cm³/mol. The Balaban J connectivity index is 1.55. The number of alkyl halides is 3. The number of benzene rings is 1. The molecule has 0 aliphatic carbocycles. The van der Waals surface area contributed by atoms with Gasteiger partial charge in [-0.1, -0.05) is 12.1 Å². The number of nitrogens with one attached hydrogen (secondary N) is 2. The van der Waals surface area contributed by atoms with Crippen LogP contribution in [0.15, 0.2) is 36.0 Å². The molecule has 1 saturated heterocycles. The molecule has 2 N–H and O–H groups in total. The van der Waals surface area contributed by atoms with Gasteiger partial charge in [0.1, 0.15) is 10.6 Å². The highest BCUT2D eigenvalue weighted by Gasteiger charge is 2.51. The van der Waals surface area contributed by atoms with E-state index in [1.165, 1.54) is 11.7 Å². The second kappa shape index (κ2) is 7.18. The number of amides is 2. The highest BCUT2D eigenvalue weighted by molar-refractivity contribution is 7.11. The lowest BCUT2D eigenvalue weighted by molar-refractivity contribution is -0.174. The van der Waals surface area contributed by atoms with Gasteiger partial charge in [-0.3, -0.25) is 14.6 Å². The summed E-state index contributed by atoms with van der Waals surface area (Å²) in [6.07, 6.45) is -3.24. The second-order valence-electron chi connectivity index (χ2n) is 7.08. The van der Waals surface area contributed by atoms with Gasteiger partial charge < -0.3 is 15.2 Å². The van der Waals surface area contributed by atoms with Crippen molar-refractivity contribution in [3.63, 3.8) is 0 Å². The highest BCUT2D eigenvalue weighted by Crippen LogP contribution is 2.35. The predicted octanol–water partition coefficient (Wildman–Crippen LogP) is 3.37. The molecule has 10 heteroatoms. The molecule has 0 unspecified atom stereocenters. The molecule has 152 valence electrons. The van der Waals surface area contributed by atoms with E-state index < -0.39 is 36.5 Å². The molecule has 6 nitrogen and oxygen atoms in total. The Morgan fingerprint density at radius 2 is 2.07 bits per heavy atom. The average Bonchev–Trinajstić information content (AvgIpc) is 3.39. The van der Waals surface area contributed by atoms with Crippen LogP contribution in [0.3, 0.4) is 0 Å². The fourth-order valence-corrected chi connectivity index (χ4v) is 4.06. The molecule has 0 spiro atoms. The van der Waals surface area contributed by atoms with Gasteiger partial charge >= 0.3 is 6.18 Å². The Labute approximate surface area is 167 Å². The minimum absolute atomic E-state index is 0.220. The molecule has 3 aromatic rings. The fraction of sp³-hybridized carbons (Fsp3) is 0.316. The Kier molecular flexibility index (Phi) is 4.81. The molecule has 29 heavy (non-hydrogen) atoms. The van der Waals surface area contributed by atoms with E-state index in [4.69, 9.17) is 0 Å². The van der Waals surface area contributed by atoms with Crippen molar-refractivity contribution >= 4 is 34.1 Å². The molecule has 1 aliphatic rings. The molecule has 2 aromatic heterocycles. The van der Waals surface area contributed by atoms with Crippen LogP contribution in [-0.4, -0.2) is 52.0 Å². The van der Waals surface area contributed by atoms with Crippen molar-refractivity contribution in [2.75, 3.05) is 13.1 Å². The summed E-state index contributed by atoms with van der Waals surface area (Å²) in [6, 6.07) is 6.01. The zero-order valence-corrected chi connectivity index (χ0v) is 16.1. The Morgan fingerprint density at radius 1 is 1.28 bits per heavy atom. The van der Waals surface area contributed by atoms with Crippen molar-refractivity contribution in [2.45, 2.75) is 19.1 Å². The molecule has 0 bridgehead atoms. The summed E-state index contributed by atoms with van der Waals surface area (Å²) >= 11 is 1.04. The Bertz CT molecular complexity index is 1060. The third-order valence-corrected chi connectivity index (χ3v) is 5.78. The number of carbonyl (C=O) groups excluding carboxylic acids is 2. The van der Waals surface area contributed by atoms with Gasteiger partial charge in [0, 0.05) is 24.0 Å². The molecule has 0 saturated carbocycles. The molecule has 4 rings (SSSR count). The summed E-state index contributed by atoms with van der Waals surface area (Å²) in [5, 5.41) is 3.22. The molecule has 1 aromatic carbocycles. The Hall–Kier alpha value is -2.88. The van der Waals surface area contributed by atoms with Crippen LogP contribution in [0.4, 0.5) is 13.2 Å². The molecule has 0 radical (unpaired) electrons. The van der Waals surface area contributed by atoms with E-state index in [1.807, 2.05) is 25.1 Å². The Morgan fingerprint density at radius 3 is 2.76 bits per heavy atom. The van der Waals surface area contributed by atoms with Crippen LogP contribution in [0.5, 0.6) is 0 Å². The van der Waals surface area contributed by atoms with E-state index >= 15 is 0 Å². The lowest BCUT2D eigenvalue weighted by atomic mass is 10.0. The molecule has 3 heterocycles. The van der Waals surface area contributed by atoms with Gasteiger partial charge in [0.2, 0.25) is 0 Å². The standard InChI is InChI=1S/C19H17F3N4O2S/c1-10-2-3-11-5-14(24-13(11)4-10)18(28)26-7-12(19(20,21)22)15(8-26)25-17(27)16-6-23-9-29-16/h2-6,9,12,15,24H,7-8H2,1H3,(H,25,27)/t12-,15-/m1/s1. The molecule has 2 amide bonds. The number of H-pyrrole nitrogens is 1. The maximum Gasteiger partial charge on any atom is 0.395 e. The molecule has 2 atom stereocenters. The van der Waals surface area contributed by atoms with Gasteiger partial charge in [0.05, 0.1) is 23.7 Å². The highest BCUT2D eigenvalue weighted by atomic mass is 32.1. The zero-order valence-electron chi connectivity index (χ0n) is 15.3. The maximum atomic E-state index is 13.5. The number of aromatic amines is 1. The summed E-state index contributed by atoms with van der Waals surface area (Å²) in [4.78, 5) is 33.1. The summed E-state index contributed by atoms with van der Waals surface area (Å²) in [5.74, 6) is -2.99. The van der Waals surface area contributed by atoms with E-state index in [2.05, 4.69) is 15.3 Å². The number of hydrogen-bond acceptors (Lipinski definition) is 4. The molecular weight excluding hydrogens is 405 g/mol. The first kappa shape index (κ1) is 19.4. The van der Waals surface area contributed by atoms with Crippen molar-refractivity contribution in [1.82, 2.24) is 20.2 Å². The lowest BCUT2D eigenvalue weighted by Crippen LogP contribution is -2.45. The van der Waals surface area contributed by atoms with E-state index in [-0.39, 0.29) is 17.1 Å². The third-order valence-electron chi connectivity index (χ3n) is 5.01. The molecular formula is C19H17F3N4O2S. The first-order valence-corrected chi connectivity index (χ1v) is 9.75. The fourth-order valence-electron chi connectivity index (χ4n) is 3.54. The van der Waals surface area contributed by atoms with Crippen molar-refractivity contribution < 1.29 is 22.8 Å². The topological polar surface area (TPSA) is 78.1 Å². The second-order valence-corrected chi connectivity index (χ2v) is 7.96. The summed E-state index contributed by atoms with van der Waals surface area (Å²) < 4.78 is 40.6. The van der Waals surface area contributed by atoms with Gasteiger partial charge in [0.25, 0.3) is 11.8 Å². The zero-order chi connectivity index (χ0) is 20.8. The third kappa shape index (κ3) is 3.84. The van der Waals surface area contributed by atoms with Crippen LogP contribution in [0, 0.1) is 12.8 Å². The van der Waals surface area contributed by atoms with E-state index in [1.54, 1.807) is 6.07 Å². The number of aryl methyl sites for hydroxylation is 1. The minimum Gasteiger partial charge on any atom is -0.351 e. The van der Waals surface area contributed by atoms with E-state index in [0.717, 1.165) is 32.7 Å². The quantitative estimate of drug-likeness (QED) is 0.680. The summed E-state index contributed by atoms with van der Waals surface area (Å²) in [5.41, 5.74) is 3.40. The normalized spacial score (nSPS) is 19.7. The number of nitrogens with zero attached hydrogens (tertiary/aromatic N) is 2. The van der Waals surface area contributed by atoms with Crippen LogP contribution < -0.4 is 5.32 Å². The van der Waals surface area contributed by atoms with Crippen molar-refractivity contribution in [2.24, 2.45) is 5.92 Å². The van der Waals surface area contributed by atoms with E-state index in [0.29, 0.717) is 0 Å². The molecule has 1 fully saturated rings.